The summed E-state index contributed by atoms with van der Waals surface area (Å²) in [4.78, 5) is 18.0. The molecular weight excluding hydrogens is 364 g/mol. The van der Waals surface area contributed by atoms with Gasteiger partial charge in [0, 0.05) is 30.3 Å². The number of benzene rings is 2. The largest absolute Gasteiger partial charge is 0.339 e. The van der Waals surface area contributed by atoms with E-state index in [0.29, 0.717) is 28.0 Å². The van der Waals surface area contributed by atoms with Crippen molar-refractivity contribution >= 4 is 23.2 Å². The Kier molecular flexibility index (Phi) is 4.16. The van der Waals surface area contributed by atoms with Crippen LogP contribution in [0.5, 0.6) is 0 Å². The molecule has 0 bridgehead atoms. The second kappa shape index (κ2) is 6.49. The molecule has 1 fully saturated rings. The van der Waals surface area contributed by atoms with E-state index in [2.05, 4.69) is 10.1 Å². The normalized spacial score (nSPS) is 17.1. The van der Waals surface area contributed by atoms with Crippen LogP contribution >= 0.6 is 11.6 Å². The fourth-order valence-corrected chi connectivity index (χ4v) is 3.15. The molecule has 0 saturated carbocycles. The highest BCUT2D eigenvalue weighted by Gasteiger charge is 2.35. The van der Waals surface area contributed by atoms with E-state index < -0.39 is 11.6 Å². The maximum absolute atomic E-state index is 13.4. The Morgan fingerprint density at radius 2 is 1.96 bits per heavy atom. The van der Waals surface area contributed by atoms with Crippen molar-refractivity contribution < 1.29 is 18.1 Å². The number of aromatic nitrogens is 2. The molecule has 4 rings (SSSR count). The molecule has 1 unspecified atom stereocenters. The fraction of sp³-hybridized carbons (Fsp3) is 0.167. The summed E-state index contributed by atoms with van der Waals surface area (Å²) in [6.07, 6.45) is 0.142. The molecule has 1 aliphatic rings. The molecule has 1 amide bonds. The van der Waals surface area contributed by atoms with Gasteiger partial charge in [0.2, 0.25) is 17.6 Å². The van der Waals surface area contributed by atoms with E-state index in [9.17, 15) is 13.6 Å². The Morgan fingerprint density at radius 3 is 2.73 bits per heavy atom. The van der Waals surface area contributed by atoms with Gasteiger partial charge in [-0.1, -0.05) is 28.9 Å². The SMILES string of the molecule is O=C1CC(c2nc(-c3ccccc3Cl)no2)CN1c1ccc(F)c(F)c1. The maximum atomic E-state index is 13.4. The van der Waals surface area contributed by atoms with Crippen molar-refractivity contribution in [2.45, 2.75) is 12.3 Å². The summed E-state index contributed by atoms with van der Waals surface area (Å²) in [7, 11) is 0. The van der Waals surface area contributed by atoms with Gasteiger partial charge in [0.25, 0.3) is 0 Å². The van der Waals surface area contributed by atoms with Crippen LogP contribution < -0.4 is 4.90 Å². The molecule has 1 atom stereocenters. The van der Waals surface area contributed by atoms with E-state index in [1.165, 1.54) is 11.0 Å². The van der Waals surface area contributed by atoms with Gasteiger partial charge in [0.15, 0.2) is 11.6 Å². The zero-order valence-electron chi connectivity index (χ0n) is 13.3. The summed E-state index contributed by atoms with van der Waals surface area (Å²) in [5.74, 6) is -1.88. The van der Waals surface area contributed by atoms with Gasteiger partial charge in [-0.3, -0.25) is 4.79 Å². The number of carbonyl (C=O) groups is 1. The third-order valence-electron chi connectivity index (χ3n) is 4.25. The van der Waals surface area contributed by atoms with Gasteiger partial charge in [0.1, 0.15) is 0 Å². The quantitative estimate of drug-likeness (QED) is 0.688. The molecule has 1 aromatic heterocycles. The van der Waals surface area contributed by atoms with Crippen molar-refractivity contribution in [1.29, 1.82) is 0 Å². The molecule has 0 aliphatic carbocycles. The number of rotatable bonds is 3. The molecule has 1 aliphatic heterocycles. The van der Waals surface area contributed by atoms with E-state index >= 15 is 0 Å². The van der Waals surface area contributed by atoms with Crippen LogP contribution in [-0.4, -0.2) is 22.6 Å². The lowest BCUT2D eigenvalue weighted by Gasteiger charge is -2.16. The van der Waals surface area contributed by atoms with Crippen molar-refractivity contribution in [3.05, 3.63) is 65.0 Å². The van der Waals surface area contributed by atoms with Crippen LogP contribution in [-0.2, 0) is 4.79 Å². The molecule has 3 aromatic rings. The molecule has 5 nitrogen and oxygen atoms in total. The molecule has 26 heavy (non-hydrogen) atoms. The Labute approximate surface area is 152 Å². The topological polar surface area (TPSA) is 59.2 Å². The van der Waals surface area contributed by atoms with Gasteiger partial charge in [-0.2, -0.15) is 4.98 Å². The van der Waals surface area contributed by atoms with E-state index in [4.69, 9.17) is 16.1 Å². The van der Waals surface area contributed by atoms with Crippen LogP contribution in [0.4, 0.5) is 14.5 Å². The zero-order valence-corrected chi connectivity index (χ0v) is 14.1. The second-order valence-electron chi connectivity index (χ2n) is 5.94. The Balaban J connectivity index is 1.58. The minimum Gasteiger partial charge on any atom is -0.339 e. The molecule has 0 N–H and O–H groups in total. The third kappa shape index (κ3) is 2.94. The fourth-order valence-electron chi connectivity index (χ4n) is 2.93. The first-order valence-electron chi connectivity index (χ1n) is 7.87. The summed E-state index contributed by atoms with van der Waals surface area (Å²) in [6.45, 7) is 0.244. The lowest BCUT2D eigenvalue weighted by atomic mass is 10.1. The monoisotopic (exact) mass is 375 g/mol. The summed E-state index contributed by atoms with van der Waals surface area (Å²) >= 11 is 6.13. The first kappa shape index (κ1) is 16.7. The number of hydrogen-bond donors (Lipinski definition) is 0. The lowest BCUT2D eigenvalue weighted by molar-refractivity contribution is -0.117. The van der Waals surface area contributed by atoms with E-state index in [-0.39, 0.29) is 24.8 Å². The van der Waals surface area contributed by atoms with Gasteiger partial charge in [-0.05, 0) is 24.3 Å². The minimum atomic E-state index is -1.00. The van der Waals surface area contributed by atoms with E-state index in [1.807, 2.05) is 0 Å². The van der Waals surface area contributed by atoms with E-state index in [0.717, 1.165) is 12.1 Å². The van der Waals surface area contributed by atoms with Crippen LogP contribution in [0.1, 0.15) is 18.2 Å². The first-order valence-corrected chi connectivity index (χ1v) is 8.24. The van der Waals surface area contributed by atoms with Gasteiger partial charge in [0.05, 0.1) is 10.9 Å². The van der Waals surface area contributed by atoms with Gasteiger partial charge in [-0.25, -0.2) is 8.78 Å². The molecular formula is C18H12ClF2N3O2. The number of amides is 1. The summed E-state index contributed by atoms with van der Waals surface area (Å²) in [6, 6.07) is 10.4. The summed E-state index contributed by atoms with van der Waals surface area (Å²) in [5, 5.41) is 4.42. The van der Waals surface area contributed by atoms with Crippen molar-refractivity contribution in [3.8, 4) is 11.4 Å². The molecule has 0 radical (unpaired) electrons. The van der Waals surface area contributed by atoms with Crippen molar-refractivity contribution in [2.24, 2.45) is 0 Å². The average Bonchev–Trinajstić information content (AvgIpc) is 3.25. The van der Waals surface area contributed by atoms with Crippen LogP contribution in [0, 0.1) is 11.6 Å². The Morgan fingerprint density at radius 1 is 1.15 bits per heavy atom. The average molecular weight is 376 g/mol. The standard InChI is InChI=1S/C18H12ClF2N3O2/c19-13-4-2-1-3-12(13)17-22-18(26-23-17)10-7-16(25)24(9-10)11-5-6-14(20)15(21)8-11/h1-6,8,10H,7,9H2. The molecule has 132 valence electrons. The number of hydrogen-bond acceptors (Lipinski definition) is 4. The number of halogens is 3. The molecule has 2 heterocycles. The van der Waals surface area contributed by atoms with Crippen LogP contribution in [0.2, 0.25) is 5.02 Å². The van der Waals surface area contributed by atoms with Crippen molar-refractivity contribution in [3.63, 3.8) is 0 Å². The molecule has 1 saturated heterocycles. The minimum absolute atomic E-state index is 0.142. The summed E-state index contributed by atoms with van der Waals surface area (Å²) in [5.41, 5.74) is 0.924. The molecule has 8 heteroatoms. The van der Waals surface area contributed by atoms with E-state index in [1.54, 1.807) is 24.3 Å². The van der Waals surface area contributed by atoms with Gasteiger partial charge >= 0.3 is 0 Å². The number of nitrogens with zero attached hydrogens (tertiary/aromatic N) is 3. The van der Waals surface area contributed by atoms with Crippen LogP contribution in [0.15, 0.2) is 47.0 Å². The first-order chi connectivity index (χ1) is 12.5. The van der Waals surface area contributed by atoms with Gasteiger partial charge in [-0.15, -0.1) is 0 Å². The van der Waals surface area contributed by atoms with Gasteiger partial charge < -0.3 is 9.42 Å². The second-order valence-corrected chi connectivity index (χ2v) is 6.35. The highest BCUT2D eigenvalue weighted by molar-refractivity contribution is 6.33. The smallest absolute Gasteiger partial charge is 0.232 e. The predicted octanol–water partition coefficient (Wildman–Crippen LogP) is 4.19. The maximum Gasteiger partial charge on any atom is 0.232 e. The number of anilines is 1. The van der Waals surface area contributed by atoms with Crippen molar-refractivity contribution in [1.82, 2.24) is 10.1 Å². The Bertz CT molecular complexity index is 992. The summed E-state index contributed by atoms with van der Waals surface area (Å²) < 4.78 is 31.8. The highest BCUT2D eigenvalue weighted by atomic mass is 35.5. The molecule has 0 spiro atoms. The lowest BCUT2D eigenvalue weighted by Crippen LogP contribution is -2.24. The number of carbonyl (C=O) groups excluding carboxylic acids is 1. The Hall–Kier alpha value is -2.80. The van der Waals surface area contributed by atoms with Crippen LogP contribution in [0.3, 0.4) is 0 Å². The van der Waals surface area contributed by atoms with Crippen molar-refractivity contribution in [2.75, 3.05) is 11.4 Å². The predicted molar refractivity (Wildman–Crippen MR) is 90.8 cm³/mol. The third-order valence-corrected chi connectivity index (χ3v) is 4.58. The zero-order chi connectivity index (χ0) is 18.3. The van der Waals surface area contributed by atoms with Crippen LogP contribution in [0.25, 0.3) is 11.4 Å². The molecule has 2 aromatic carbocycles. The highest BCUT2D eigenvalue weighted by Crippen LogP contribution is 2.33.